The minimum absolute atomic E-state index is 0.328. The van der Waals surface area contributed by atoms with Gasteiger partial charge in [-0.05, 0) is 38.3 Å². The lowest BCUT2D eigenvalue weighted by atomic mass is 10.0. The Morgan fingerprint density at radius 3 is 2.82 bits per heavy atom. The molecule has 1 amide bonds. The van der Waals surface area contributed by atoms with E-state index < -0.39 is 18.1 Å². The fraction of sp³-hybridized carbons (Fsp3) is 0.438. The molecule has 1 aliphatic heterocycles. The largest absolute Gasteiger partial charge is 0.480 e. The standard InChI is InChI=1S/C16H18N2O4/c1-11(22-14-8-3-2-6-12(14)10-17)15(19)18-9-5-4-7-13(18)16(20)21/h2-3,6,8,11,13H,4-5,7,9H2,1H3,(H,20,21)/t11-,13+/m0/s1. The molecule has 2 rings (SSSR count). The van der Waals surface area contributed by atoms with Gasteiger partial charge in [-0.1, -0.05) is 12.1 Å². The first-order valence-electron chi connectivity index (χ1n) is 7.23. The molecular formula is C16H18N2O4. The second-order valence-corrected chi connectivity index (χ2v) is 5.25. The summed E-state index contributed by atoms with van der Waals surface area (Å²) >= 11 is 0. The van der Waals surface area contributed by atoms with E-state index in [9.17, 15) is 14.7 Å². The number of aliphatic carboxylic acids is 1. The van der Waals surface area contributed by atoms with Crippen molar-refractivity contribution in [1.82, 2.24) is 4.90 Å². The smallest absolute Gasteiger partial charge is 0.326 e. The van der Waals surface area contributed by atoms with Crippen LogP contribution in [0.1, 0.15) is 31.7 Å². The normalized spacial score (nSPS) is 19.1. The molecule has 6 heteroatoms. The molecule has 0 aliphatic carbocycles. The first-order valence-corrected chi connectivity index (χ1v) is 7.23. The first kappa shape index (κ1) is 15.8. The minimum atomic E-state index is -0.988. The van der Waals surface area contributed by atoms with Crippen molar-refractivity contribution in [2.75, 3.05) is 6.54 Å². The number of carbonyl (C=O) groups excluding carboxylic acids is 1. The van der Waals surface area contributed by atoms with Crippen LogP contribution in [0.3, 0.4) is 0 Å². The number of nitrogens with zero attached hydrogens (tertiary/aromatic N) is 2. The summed E-state index contributed by atoms with van der Waals surface area (Å²) in [5.41, 5.74) is 0.343. The van der Waals surface area contributed by atoms with Crippen LogP contribution in [0.25, 0.3) is 0 Å². The molecule has 1 saturated heterocycles. The van der Waals surface area contributed by atoms with Gasteiger partial charge in [0.25, 0.3) is 5.91 Å². The molecule has 22 heavy (non-hydrogen) atoms. The van der Waals surface area contributed by atoms with Gasteiger partial charge in [0, 0.05) is 6.54 Å². The number of rotatable bonds is 4. The Morgan fingerprint density at radius 2 is 2.14 bits per heavy atom. The highest BCUT2D eigenvalue weighted by Gasteiger charge is 2.34. The second-order valence-electron chi connectivity index (χ2n) is 5.25. The number of carbonyl (C=O) groups is 2. The first-order chi connectivity index (χ1) is 10.5. The zero-order valence-corrected chi connectivity index (χ0v) is 12.4. The highest BCUT2D eigenvalue weighted by Crippen LogP contribution is 2.22. The van der Waals surface area contributed by atoms with E-state index in [4.69, 9.17) is 10.00 Å². The van der Waals surface area contributed by atoms with Crippen molar-refractivity contribution in [2.45, 2.75) is 38.3 Å². The van der Waals surface area contributed by atoms with Gasteiger partial charge in [-0.2, -0.15) is 5.26 Å². The Labute approximate surface area is 128 Å². The van der Waals surface area contributed by atoms with Gasteiger partial charge < -0.3 is 14.7 Å². The molecule has 0 aromatic heterocycles. The Bertz CT molecular complexity index is 608. The predicted molar refractivity (Wildman–Crippen MR) is 78.2 cm³/mol. The summed E-state index contributed by atoms with van der Waals surface area (Å²) in [6, 6.07) is 7.86. The number of piperidine rings is 1. The number of para-hydroxylation sites is 1. The molecule has 1 heterocycles. The molecule has 2 atom stereocenters. The van der Waals surface area contributed by atoms with Crippen molar-refractivity contribution in [3.05, 3.63) is 29.8 Å². The molecule has 0 radical (unpaired) electrons. The lowest BCUT2D eigenvalue weighted by molar-refractivity contribution is -0.155. The maximum absolute atomic E-state index is 12.5. The van der Waals surface area contributed by atoms with Crippen molar-refractivity contribution in [1.29, 1.82) is 5.26 Å². The average Bonchev–Trinajstić information content (AvgIpc) is 2.54. The fourth-order valence-corrected chi connectivity index (χ4v) is 2.59. The van der Waals surface area contributed by atoms with Gasteiger partial charge in [-0.3, -0.25) is 4.79 Å². The van der Waals surface area contributed by atoms with Crippen LogP contribution < -0.4 is 4.74 Å². The molecule has 6 nitrogen and oxygen atoms in total. The molecule has 0 spiro atoms. The molecule has 0 unspecified atom stereocenters. The van der Waals surface area contributed by atoms with E-state index >= 15 is 0 Å². The molecule has 0 bridgehead atoms. The van der Waals surface area contributed by atoms with Gasteiger partial charge in [0.15, 0.2) is 6.10 Å². The summed E-state index contributed by atoms with van der Waals surface area (Å²) in [5, 5.41) is 18.3. The lowest BCUT2D eigenvalue weighted by Crippen LogP contribution is -2.52. The Hall–Kier alpha value is -2.55. The Morgan fingerprint density at radius 1 is 1.41 bits per heavy atom. The van der Waals surface area contributed by atoms with E-state index in [1.807, 2.05) is 6.07 Å². The van der Waals surface area contributed by atoms with E-state index in [2.05, 4.69) is 0 Å². The third-order valence-corrected chi connectivity index (χ3v) is 3.73. The third kappa shape index (κ3) is 3.37. The number of ether oxygens (including phenoxy) is 1. The van der Waals surface area contributed by atoms with Gasteiger partial charge in [-0.25, -0.2) is 4.79 Å². The van der Waals surface area contributed by atoms with Gasteiger partial charge in [0.1, 0.15) is 17.9 Å². The number of amides is 1. The van der Waals surface area contributed by atoms with E-state index in [-0.39, 0.29) is 5.91 Å². The molecular weight excluding hydrogens is 284 g/mol. The van der Waals surface area contributed by atoms with Gasteiger partial charge in [0.05, 0.1) is 5.56 Å². The molecule has 1 aliphatic rings. The van der Waals surface area contributed by atoms with E-state index in [1.165, 1.54) is 4.90 Å². The molecule has 116 valence electrons. The molecule has 1 aromatic rings. The van der Waals surface area contributed by atoms with Crippen molar-refractivity contribution < 1.29 is 19.4 Å². The van der Waals surface area contributed by atoms with Gasteiger partial charge in [-0.15, -0.1) is 0 Å². The highest BCUT2D eigenvalue weighted by molar-refractivity contribution is 5.86. The van der Waals surface area contributed by atoms with Crippen LogP contribution in [-0.4, -0.2) is 40.6 Å². The van der Waals surface area contributed by atoms with Gasteiger partial charge >= 0.3 is 5.97 Å². The van der Waals surface area contributed by atoms with E-state index in [0.717, 1.165) is 12.8 Å². The van der Waals surface area contributed by atoms with Crippen LogP contribution in [0.15, 0.2) is 24.3 Å². The fourth-order valence-electron chi connectivity index (χ4n) is 2.59. The van der Waals surface area contributed by atoms with Crippen molar-refractivity contribution in [3.63, 3.8) is 0 Å². The molecule has 1 N–H and O–H groups in total. The minimum Gasteiger partial charge on any atom is -0.480 e. The van der Waals surface area contributed by atoms with Crippen LogP contribution in [0.5, 0.6) is 5.75 Å². The maximum atomic E-state index is 12.5. The summed E-state index contributed by atoms with van der Waals surface area (Å²) < 4.78 is 5.57. The Kier molecular flexibility index (Phi) is 4.99. The summed E-state index contributed by atoms with van der Waals surface area (Å²) in [7, 11) is 0. The SMILES string of the molecule is C[C@H](Oc1ccccc1C#N)C(=O)N1CCCC[C@@H]1C(=O)O. The highest BCUT2D eigenvalue weighted by atomic mass is 16.5. The van der Waals surface area contributed by atoms with Crippen molar-refractivity contribution in [2.24, 2.45) is 0 Å². The maximum Gasteiger partial charge on any atom is 0.326 e. The number of likely N-dealkylation sites (tertiary alicyclic amines) is 1. The predicted octanol–water partition coefficient (Wildman–Crippen LogP) is 1.79. The summed E-state index contributed by atoms with van der Waals surface area (Å²) in [5.74, 6) is -1.02. The quantitative estimate of drug-likeness (QED) is 0.915. The number of carboxylic acids is 1. The molecule has 0 saturated carbocycles. The van der Waals surface area contributed by atoms with Crippen LogP contribution >= 0.6 is 0 Å². The van der Waals surface area contributed by atoms with Crippen LogP contribution in [0, 0.1) is 11.3 Å². The van der Waals surface area contributed by atoms with Crippen molar-refractivity contribution in [3.8, 4) is 11.8 Å². The van der Waals surface area contributed by atoms with Crippen LogP contribution in [0.2, 0.25) is 0 Å². The second kappa shape index (κ2) is 6.94. The zero-order chi connectivity index (χ0) is 16.1. The van der Waals surface area contributed by atoms with E-state index in [1.54, 1.807) is 31.2 Å². The average molecular weight is 302 g/mol. The Balaban J connectivity index is 2.11. The number of hydrogen-bond acceptors (Lipinski definition) is 4. The van der Waals surface area contributed by atoms with Gasteiger partial charge in [0.2, 0.25) is 0 Å². The number of carboxylic acid groups (broad SMARTS) is 1. The molecule has 1 aromatic carbocycles. The number of nitriles is 1. The molecule has 1 fully saturated rings. The summed E-state index contributed by atoms with van der Waals surface area (Å²) in [6.07, 6.45) is 1.21. The van der Waals surface area contributed by atoms with E-state index in [0.29, 0.717) is 24.3 Å². The number of benzene rings is 1. The lowest BCUT2D eigenvalue weighted by Gasteiger charge is -2.34. The summed E-state index contributed by atoms with van der Waals surface area (Å²) in [6.45, 7) is 1.99. The zero-order valence-electron chi connectivity index (χ0n) is 12.4. The number of hydrogen-bond donors (Lipinski definition) is 1. The third-order valence-electron chi connectivity index (χ3n) is 3.73. The monoisotopic (exact) mass is 302 g/mol. The topological polar surface area (TPSA) is 90.6 Å². The summed E-state index contributed by atoms with van der Waals surface area (Å²) in [4.78, 5) is 25.1. The van der Waals surface area contributed by atoms with Crippen molar-refractivity contribution >= 4 is 11.9 Å². The van der Waals surface area contributed by atoms with Crippen LogP contribution in [0.4, 0.5) is 0 Å². The van der Waals surface area contributed by atoms with Crippen LogP contribution in [-0.2, 0) is 9.59 Å².